The molecule has 14 heavy (non-hydrogen) atoms. The third-order valence-corrected chi connectivity index (χ3v) is 2.70. The molecule has 0 spiro atoms. The van der Waals surface area contributed by atoms with Crippen LogP contribution in [0.3, 0.4) is 0 Å². The van der Waals surface area contributed by atoms with E-state index in [9.17, 15) is 0 Å². The van der Waals surface area contributed by atoms with Gasteiger partial charge in [0.15, 0.2) is 0 Å². The number of hydrogen-bond acceptors (Lipinski definition) is 3. The third kappa shape index (κ3) is 2.33. The van der Waals surface area contributed by atoms with Crippen LogP contribution in [0.2, 0.25) is 0 Å². The van der Waals surface area contributed by atoms with Crippen LogP contribution in [-0.4, -0.2) is 15.7 Å². The fraction of sp³-hybridized carbons (Fsp3) is 0.700. The molecule has 78 valence electrons. The molecule has 1 aliphatic rings. The summed E-state index contributed by atoms with van der Waals surface area (Å²) in [6.45, 7) is 0.681. The molecule has 0 unspecified atom stereocenters. The van der Waals surface area contributed by atoms with E-state index in [1.165, 1.54) is 25.7 Å². The van der Waals surface area contributed by atoms with Crippen LogP contribution in [0.1, 0.15) is 31.5 Å². The predicted molar refractivity (Wildman–Crippen MR) is 53.4 cm³/mol. The van der Waals surface area contributed by atoms with Crippen LogP contribution < -0.4 is 5.48 Å². The first-order valence-corrected chi connectivity index (χ1v) is 5.21. The van der Waals surface area contributed by atoms with Gasteiger partial charge in [-0.2, -0.15) is 5.48 Å². The van der Waals surface area contributed by atoms with Gasteiger partial charge in [-0.1, -0.05) is 12.8 Å². The standard InChI is InChI=1S/C10H17N3O/c1-13-7-6-11-10(13)8-12-14-9-4-2-3-5-9/h6-7,9,12H,2-5,8H2,1H3. The van der Waals surface area contributed by atoms with Gasteiger partial charge >= 0.3 is 0 Å². The maximum absolute atomic E-state index is 5.53. The van der Waals surface area contributed by atoms with Crippen molar-refractivity contribution in [2.45, 2.75) is 38.3 Å². The van der Waals surface area contributed by atoms with Gasteiger partial charge in [-0.05, 0) is 12.8 Å². The SMILES string of the molecule is Cn1ccnc1CNOC1CCCC1. The number of aryl methyl sites for hydroxylation is 1. The van der Waals surface area contributed by atoms with Gasteiger partial charge in [-0.3, -0.25) is 4.84 Å². The Morgan fingerprint density at radius 1 is 1.57 bits per heavy atom. The summed E-state index contributed by atoms with van der Waals surface area (Å²) in [5.41, 5.74) is 2.99. The maximum Gasteiger partial charge on any atom is 0.124 e. The fourth-order valence-corrected chi connectivity index (χ4v) is 1.80. The van der Waals surface area contributed by atoms with Gasteiger partial charge in [0.05, 0.1) is 12.6 Å². The van der Waals surface area contributed by atoms with Crippen molar-refractivity contribution < 1.29 is 4.84 Å². The molecule has 1 saturated carbocycles. The van der Waals surface area contributed by atoms with Crippen LogP contribution in [-0.2, 0) is 18.4 Å². The summed E-state index contributed by atoms with van der Waals surface area (Å²) in [6.07, 6.45) is 9.12. The molecule has 0 atom stereocenters. The van der Waals surface area contributed by atoms with E-state index in [1.54, 1.807) is 6.20 Å². The lowest BCUT2D eigenvalue weighted by Crippen LogP contribution is -2.22. The van der Waals surface area contributed by atoms with Gasteiger partial charge in [0.1, 0.15) is 5.82 Å². The predicted octanol–water partition coefficient (Wildman–Crippen LogP) is 1.38. The van der Waals surface area contributed by atoms with Gasteiger partial charge in [0.25, 0.3) is 0 Å². The minimum Gasteiger partial charge on any atom is -0.337 e. The Morgan fingerprint density at radius 3 is 3.00 bits per heavy atom. The molecule has 1 aliphatic carbocycles. The van der Waals surface area contributed by atoms with Crippen LogP contribution in [0.5, 0.6) is 0 Å². The molecule has 0 aromatic carbocycles. The minimum absolute atomic E-state index is 0.412. The van der Waals surface area contributed by atoms with Crippen molar-refractivity contribution in [2.75, 3.05) is 0 Å². The van der Waals surface area contributed by atoms with Crippen LogP contribution in [0.15, 0.2) is 12.4 Å². The Labute approximate surface area is 84.2 Å². The van der Waals surface area contributed by atoms with Crippen LogP contribution in [0, 0.1) is 0 Å². The molecule has 1 aromatic rings. The summed E-state index contributed by atoms with van der Waals surface area (Å²) in [4.78, 5) is 9.73. The number of aromatic nitrogens is 2. The molecule has 1 heterocycles. The number of nitrogens with zero attached hydrogens (tertiary/aromatic N) is 2. The molecular formula is C10H17N3O. The van der Waals surface area contributed by atoms with Crippen molar-refractivity contribution in [3.63, 3.8) is 0 Å². The van der Waals surface area contributed by atoms with Gasteiger partial charge in [-0.25, -0.2) is 4.98 Å². The van der Waals surface area contributed by atoms with Crippen molar-refractivity contribution in [1.29, 1.82) is 0 Å². The van der Waals surface area contributed by atoms with E-state index in [0.717, 1.165) is 5.82 Å². The summed E-state index contributed by atoms with van der Waals surface area (Å²) in [5, 5.41) is 0. The second kappa shape index (κ2) is 4.57. The second-order valence-corrected chi connectivity index (χ2v) is 3.80. The average molecular weight is 195 g/mol. The molecule has 0 saturated heterocycles. The molecular weight excluding hydrogens is 178 g/mol. The smallest absolute Gasteiger partial charge is 0.124 e. The number of rotatable bonds is 4. The molecule has 0 amide bonds. The van der Waals surface area contributed by atoms with E-state index in [0.29, 0.717) is 12.6 Å². The summed E-state index contributed by atoms with van der Waals surface area (Å²) in [6, 6.07) is 0. The van der Waals surface area contributed by atoms with Crippen LogP contribution in [0.25, 0.3) is 0 Å². The maximum atomic E-state index is 5.53. The van der Waals surface area contributed by atoms with Crippen molar-refractivity contribution in [2.24, 2.45) is 7.05 Å². The zero-order chi connectivity index (χ0) is 9.80. The molecule has 0 aliphatic heterocycles. The third-order valence-electron chi connectivity index (χ3n) is 2.70. The number of hydrogen-bond donors (Lipinski definition) is 1. The Morgan fingerprint density at radius 2 is 2.36 bits per heavy atom. The van der Waals surface area contributed by atoms with E-state index in [2.05, 4.69) is 10.5 Å². The highest BCUT2D eigenvalue weighted by atomic mass is 16.7. The van der Waals surface area contributed by atoms with E-state index in [-0.39, 0.29) is 0 Å². The highest BCUT2D eigenvalue weighted by Gasteiger charge is 2.15. The summed E-state index contributed by atoms with van der Waals surface area (Å²) < 4.78 is 1.99. The lowest BCUT2D eigenvalue weighted by atomic mass is 10.3. The molecule has 4 nitrogen and oxygen atoms in total. The van der Waals surface area contributed by atoms with E-state index >= 15 is 0 Å². The lowest BCUT2D eigenvalue weighted by Gasteiger charge is -2.11. The molecule has 1 N–H and O–H groups in total. The van der Waals surface area contributed by atoms with E-state index in [1.807, 2.05) is 17.8 Å². The molecule has 1 fully saturated rings. The van der Waals surface area contributed by atoms with Crippen molar-refractivity contribution in [3.8, 4) is 0 Å². The van der Waals surface area contributed by atoms with Gasteiger partial charge in [0, 0.05) is 19.4 Å². The Balaban J connectivity index is 1.70. The molecule has 4 heteroatoms. The summed E-state index contributed by atoms with van der Waals surface area (Å²) >= 11 is 0. The second-order valence-electron chi connectivity index (χ2n) is 3.80. The highest BCUT2D eigenvalue weighted by molar-refractivity contribution is 4.89. The quantitative estimate of drug-likeness (QED) is 0.738. The number of imidazole rings is 1. The first kappa shape index (κ1) is 9.68. The van der Waals surface area contributed by atoms with Gasteiger partial charge in [0.2, 0.25) is 0 Å². The average Bonchev–Trinajstić information content (AvgIpc) is 2.78. The van der Waals surface area contributed by atoms with Crippen molar-refractivity contribution in [1.82, 2.24) is 15.0 Å². The highest BCUT2D eigenvalue weighted by Crippen LogP contribution is 2.19. The normalized spacial score (nSPS) is 17.8. The number of nitrogens with one attached hydrogen (secondary N) is 1. The fourth-order valence-electron chi connectivity index (χ4n) is 1.80. The van der Waals surface area contributed by atoms with E-state index in [4.69, 9.17) is 4.84 Å². The monoisotopic (exact) mass is 195 g/mol. The molecule has 0 bridgehead atoms. The Bertz CT molecular complexity index is 279. The Kier molecular flexibility index (Phi) is 3.16. The summed E-state index contributed by atoms with van der Waals surface area (Å²) in [5.74, 6) is 1.00. The minimum atomic E-state index is 0.412. The largest absolute Gasteiger partial charge is 0.337 e. The van der Waals surface area contributed by atoms with Gasteiger partial charge < -0.3 is 4.57 Å². The van der Waals surface area contributed by atoms with Crippen LogP contribution in [0.4, 0.5) is 0 Å². The van der Waals surface area contributed by atoms with Gasteiger partial charge in [-0.15, -0.1) is 0 Å². The molecule has 1 aromatic heterocycles. The zero-order valence-electron chi connectivity index (χ0n) is 8.57. The topological polar surface area (TPSA) is 39.1 Å². The number of hydroxylamine groups is 1. The zero-order valence-corrected chi connectivity index (χ0v) is 8.57. The first-order valence-electron chi connectivity index (χ1n) is 5.21. The van der Waals surface area contributed by atoms with Crippen molar-refractivity contribution in [3.05, 3.63) is 18.2 Å². The van der Waals surface area contributed by atoms with Crippen molar-refractivity contribution >= 4 is 0 Å². The summed E-state index contributed by atoms with van der Waals surface area (Å²) in [7, 11) is 1.99. The van der Waals surface area contributed by atoms with E-state index < -0.39 is 0 Å². The molecule has 0 radical (unpaired) electrons. The Hall–Kier alpha value is -0.870. The lowest BCUT2D eigenvalue weighted by molar-refractivity contribution is -0.0257. The molecule has 2 rings (SSSR count). The van der Waals surface area contributed by atoms with Crippen LogP contribution >= 0.6 is 0 Å². The first-order chi connectivity index (χ1) is 6.86.